The second-order valence-electron chi connectivity index (χ2n) is 3.89. The molecule has 1 aromatic carbocycles. The van der Waals surface area contributed by atoms with Crippen LogP contribution >= 0.6 is 43.2 Å². The topological polar surface area (TPSA) is 38.9 Å². The van der Waals surface area contributed by atoms with Crippen LogP contribution in [0.15, 0.2) is 34.3 Å². The number of fused-ring (bicyclic) bond motifs is 1. The van der Waals surface area contributed by atoms with E-state index in [-0.39, 0.29) is 0 Å². The van der Waals surface area contributed by atoms with Crippen molar-refractivity contribution >= 4 is 54.2 Å². The average molecular weight is 345 g/mol. The predicted octanol–water partition coefficient (Wildman–Crippen LogP) is 5.41. The fourth-order valence-corrected chi connectivity index (χ4v) is 6.24. The van der Waals surface area contributed by atoms with Crippen molar-refractivity contribution in [2.75, 3.05) is 11.5 Å². The van der Waals surface area contributed by atoms with E-state index < -0.39 is 0 Å². The van der Waals surface area contributed by atoms with Crippen LogP contribution in [0, 0.1) is 0 Å². The Hall–Kier alpha value is -0.240. The minimum Gasteiger partial charge on any atom is -0.243 e. The van der Waals surface area contributed by atoms with Gasteiger partial charge in [-0.3, -0.25) is 0 Å². The van der Waals surface area contributed by atoms with Crippen LogP contribution in [0.25, 0.3) is 11.0 Å². The lowest BCUT2D eigenvalue weighted by Gasteiger charge is -2.00. The molecule has 7 heteroatoms. The van der Waals surface area contributed by atoms with Gasteiger partial charge in [0.2, 0.25) is 0 Å². The summed E-state index contributed by atoms with van der Waals surface area (Å²) in [5.74, 6) is 3.32. The van der Waals surface area contributed by atoms with Gasteiger partial charge in [0, 0.05) is 17.3 Å². The molecule has 0 fully saturated rings. The summed E-state index contributed by atoms with van der Waals surface area (Å²) in [6.07, 6.45) is 3.32. The fourth-order valence-electron chi connectivity index (χ4n) is 1.39. The summed E-state index contributed by atoms with van der Waals surface area (Å²) >= 11 is 1.89. The lowest BCUT2D eigenvalue weighted by Crippen LogP contribution is -1.79. The molecular weight excluding hydrogens is 328 g/mol. The monoisotopic (exact) mass is 344 g/mol. The van der Waals surface area contributed by atoms with E-state index in [4.69, 9.17) is 4.63 Å². The summed E-state index contributed by atoms with van der Waals surface area (Å²) in [4.78, 5) is 0. The zero-order valence-electron chi connectivity index (χ0n) is 11.2. The Morgan fingerprint density at radius 1 is 1.15 bits per heavy atom. The van der Waals surface area contributed by atoms with Gasteiger partial charge in [0.05, 0.1) is 0 Å². The number of thioether (sulfide) groups is 1. The van der Waals surface area contributed by atoms with Crippen LogP contribution in [0.1, 0.15) is 18.9 Å². The molecule has 2 aromatic rings. The smallest absolute Gasteiger partial charge is 0.135 e. The van der Waals surface area contributed by atoms with E-state index in [1.165, 1.54) is 17.1 Å². The largest absolute Gasteiger partial charge is 0.243 e. The summed E-state index contributed by atoms with van der Waals surface area (Å²) in [6, 6.07) is 6.07. The molecular formula is C13H16N2OS4. The van der Waals surface area contributed by atoms with Crippen LogP contribution in [0.2, 0.25) is 0 Å². The third kappa shape index (κ3) is 5.63. The molecule has 0 aliphatic rings. The molecule has 0 bridgehead atoms. The van der Waals surface area contributed by atoms with E-state index in [9.17, 15) is 0 Å². The van der Waals surface area contributed by atoms with Gasteiger partial charge in [-0.2, -0.15) is 0 Å². The molecule has 0 amide bonds. The number of rotatable bonds is 9. The first kappa shape index (κ1) is 16.1. The SMILES string of the molecule is CC/C=C\SCCSSSCc1ccc2nonc2c1. The number of allylic oxidation sites excluding steroid dienone is 1. The van der Waals surface area contributed by atoms with E-state index >= 15 is 0 Å². The van der Waals surface area contributed by atoms with Gasteiger partial charge in [-0.1, -0.05) is 40.7 Å². The maximum Gasteiger partial charge on any atom is 0.135 e. The molecule has 0 unspecified atom stereocenters. The zero-order chi connectivity index (χ0) is 14.0. The standard InChI is InChI=1S/C13H16N2OS4/c1-2-3-6-17-7-8-18-20-19-10-11-4-5-12-13(9-11)15-16-14-12/h3-6,9H,2,7-8,10H2,1H3/b6-3-. The Kier molecular flexibility index (Phi) is 7.79. The van der Waals surface area contributed by atoms with Crippen LogP contribution in [0.5, 0.6) is 0 Å². The number of hydrogen-bond donors (Lipinski definition) is 0. The lowest BCUT2D eigenvalue weighted by molar-refractivity contribution is 0.315. The van der Waals surface area contributed by atoms with Gasteiger partial charge in [0.1, 0.15) is 11.0 Å². The van der Waals surface area contributed by atoms with Crippen LogP contribution in [0.4, 0.5) is 0 Å². The number of benzene rings is 1. The zero-order valence-corrected chi connectivity index (χ0v) is 14.4. The van der Waals surface area contributed by atoms with Crippen molar-refractivity contribution in [1.82, 2.24) is 10.3 Å². The van der Waals surface area contributed by atoms with Crippen LogP contribution in [-0.2, 0) is 5.75 Å². The predicted molar refractivity (Wildman–Crippen MR) is 95.0 cm³/mol. The summed E-state index contributed by atoms with van der Waals surface area (Å²) < 4.78 is 4.69. The van der Waals surface area contributed by atoms with E-state index in [0.717, 1.165) is 23.2 Å². The van der Waals surface area contributed by atoms with Crippen molar-refractivity contribution in [3.63, 3.8) is 0 Å². The van der Waals surface area contributed by atoms with Crippen molar-refractivity contribution in [3.05, 3.63) is 35.2 Å². The molecule has 0 aliphatic heterocycles. The van der Waals surface area contributed by atoms with Gasteiger partial charge in [-0.05, 0) is 49.7 Å². The summed E-state index contributed by atoms with van der Waals surface area (Å²) in [5.41, 5.74) is 2.91. The Labute approximate surface area is 134 Å². The molecule has 0 radical (unpaired) electrons. The van der Waals surface area contributed by atoms with E-state index in [2.05, 4.69) is 34.8 Å². The highest BCUT2D eigenvalue weighted by atomic mass is 33.5. The Morgan fingerprint density at radius 3 is 2.95 bits per heavy atom. The number of aromatic nitrogens is 2. The maximum atomic E-state index is 4.69. The third-order valence-corrected chi connectivity index (χ3v) is 7.61. The first-order chi connectivity index (χ1) is 9.90. The van der Waals surface area contributed by atoms with Crippen molar-refractivity contribution < 1.29 is 4.63 Å². The fraction of sp³-hybridized carbons (Fsp3) is 0.385. The minimum absolute atomic E-state index is 0.818. The second kappa shape index (κ2) is 9.65. The molecule has 20 heavy (non-hydrogen) atoms. The third-order valence-electron chi connectivity index (χ3n) is 2.35. The van der Waals surface area contributed by atoms with Gasteiger partial charge >= 0.3 is 0 Å². The molecule has 0 aliphatic carbocycles. The van der Waals surface area contributed by atoms with Gasteiger partial charge in [-0.15, -0.1) is 11.8 Å². The molecule has 1 aromatic heterocycles. The van der Waals surface area contributed by atoms with E-state index in [1.807, 2.05) is 55.3 Å². The highest BCUT2D eigenvalue weighted by Crippen LogP contribution is 2.37. The molecule has 0 spiro atoms. The van der Waals surface area contributed by atoms with Gasteiger partial charge < -0.3 is 0 Å². The van der Waals surface area contributed by atoms with Crippen molar-refractivity contribution in [2.45, 2.75) is 19.1 Å². The first-order valence-electron chi connectivity index (χ1n) is 6.29. The van der Waals surface area contributed by atoms with Crippen LogP contribution < -0.4 is 0 Å². The Balaban J connectivity index is 1.57. The highest BCUT2D eigenvalue weighted by Gasteiger charge is 2.02. The van der Waals surface area contributed by atoms with Crippen molar-refractivity contribution in [1.29, 1.82) is 0 Å². The second-order valence-corrected chi connectivity index (χ2v) is 9.26. The highest BCUT2D eigenvalue weighted by molar-refractivity contribution is 9.09. The molecule has 0 saturated heterocycles. The van der Waals surface area contributed by atoms with Gasteiger partial charge in [0.25, 0.3) is 0 Å². The maximum absolute atomic E-state index is 4.69. The van der Waals surface area contributed by atoms with Crippen LogP contribution in [0.3, 0.4) is 0 Å². The van der Waals surface area contributed by atoms with Gasteiger partial charge in [0.15, 0.2) is 0 Å². The molecule has 0 atom stereocenters. The van der Waals surface area contributed by atoms with Crippen molar-refractivity contribution in [2.24, 2.45) is 0 Å². The molecule has 2 rings (SSSR count). The van der Waals surface area contributed by atoms with E-state index in [0.29, 0.717) is 0 Å². The number of nitrogens with zero attached hydrogens (tertiary/aromatic N) is 2. The lowest BCUT2D eigenvalue weighted by atomic mass is 10.2. The Bertz CT molecular complexity index is 544. The van der Waals surface area contributed by atoms with Crippen LogP contribution in [-0.4, -0.2) is 21.8 Å². The van der Waals surface area contributed by atoms with E-state index in [1.54, 1.807) is 0 Å². The molecule has 1 heterocycles. The molecule has 3 nitrogen and oxygen atoms in total. The summed E-state index contributed by atoms with van der Waals surface area (Å²) in [6.45, 7) is 2.16. The minimum atomic E-state index is 0.818. The van der Waals surface area contributed by atoms with Gasteiger partial charge in [-0.25, -0.2) is 4.63 Å². The quantitative estimate of drug-likeness (QED) is 0.445. The number of hydrogen-bond acceptors (Lipinski definition) is 7. The molecule has 0 saturated carbocycles. The first-order valence-corrected chi connectivity index (χ1v) is 11.2. The molecule has 108 valence electrons. The summed E-state index contributed by atoms with van der Waals surface area (Å²) in [5, 5.41) is 9.85. The molecule has 0 N–H and O–H groups in total. The Morgan fingerprint density at radius 2 is 2.05 bits per heavy atom. The average Bonchev–Trinajstić information content (AvgIpc) is 2.93. The normalized spacial score (nSPS) is 11.7. The van der Waals surface area contributed by atoms with Crippen molar-refractivity contribution in [3.8, 4) is 0 Å². The summed E-state index contributed by atoms with van der Waals surface area (Å²) in [7, 11) is 5.63.